The molecule has 0 saturated heterocycles. The maximum Gasteiger partial charge on any atom is 0.361 e. The number of esters is 1. The zero-order chi connectivity index (χ0) is 14.7. The van der Waals surface area contributed by atoms with Gasteiger partial charge in [0.15, 0.2) is 5.70 Å². The summed E-state index contributed by atoms with van der Waals surface area (Å²) >= 11 is 11.6. The lowest BCUT2D eigenvalue weighted by Crippen LogP contribution is -2.33. The van der Waals surface area contributed by atoms with Gasteiger partial charge in [-0.1, -0.05) is 23.2 Å². The molecule has 0 aromatic heterocycles. The quantitative estimate of drug-likeness (QED) is 0.251. The van der Waals surface area contributed by atoms with E-state index in [-0.39, 0.29) is 17.7 Å². The van der Waals surface area contributed by atoms with E-state index in [0.717, 1.165) is 12.8 Å². The summed E-state index contributed by atoms with van der Waals surface area (Å²) in [6.45, 7) is 0. The normalized spacial score (nSPS) is 15.3. The van der Waals surface area contributed by atoms with Gasteiger partial charge in [0, 0.05) is 6.07 Å². The highest BCUT2D eigenvalue weighted by Gasteiger charge is 2.28. The van der Waals surface area contributed by atoms with Crippen LogP contribution in [-0.4, -0.2) is 12.1 Å². The zero-order valence-corrected chi connectivity index (χ0v) is 11.9. The second-order valence-corrected chi connectivity index (χ2v) is 4.98. The van der Waals surface area contributed by atoms with E-state index < -0.39 is 5.97 Å². The van der Waals surface area contributed by atoms with Gasteiger partial charge in [-0.3, -0.25) is 5.84 Å². The van der Waals surface area contributed by atoms with E-state index in [2.05, 4.69) is 5.43 Å². The smallest absolute Gasteiger partial charge is 0.361 e. The summed E-state index contributed by atoms with van der Waals surface area (Å²) < 4.78 is 10.4. The fraction of sp³-hybridized carbons (Fsp3) is 0.250. The lowest BCUT2D eigenvalue weighted by molar-refractivity contribution is -0.140. The van der Waals surface area contributed by atoms with E-state index >= 15 is 0 Å². The largest absolute Gasteiger partial charge is 0.458 e. The monoisotopic (exact) mass is 317 g/mol. The second-order valence-electron chi connectivity index (χ2n) is 4.17. The van der Waals surface area contributed by atoms with E-state index in [1.54, 1.807) is 12.1 Å². The molecule has 1 saturated carbocycles. The number of carbonyl (C=O) groups excluding carboxylic acids is 1. The predicted molar refractivity (Wildman–Crippen MR) is 74.7 cm³/mol. The molecule has 0 unspecified atom stereocenters. The maximum absolute atomic E-state index is 11.7. The number of benzene rings is 1. The molecular formula is C12H13Cl2N3O3. The van der Waals surface area contributed by atoms with Gasteiger partial charge in [0.25, 0.3) is 0 Å². The number of nitrogens with two attached hydrogens (primary N) is 2. The van der Waals surface area contributed by atoms with Crippen molar-refractivity contribution in [1.82, 2.24) is 5.43 Å². The van der Waals surface area contributed by atoms with Crippen LogP contribution < -0.4 is 21.7 Å². The number of ether oxygens (including phenoxy) is 2. The molecule has 1 aromatic rings. The Labute approximate surface area is 125 Å². The Hall–Kier alpha value is -1.63. The minimum Gasteiger partial charge on any atom is -0.458 e. The Morgan fingerprint density at radius 2 is 2.00 bits per heavy atom. The van der Waals surface area contributed by atoms with Crippen molar-refractivity contribution < 1.29 is 14.3 Å². The van der Waals surface area contributed by atoms with E-state index in [9.17, 15) is 4.79 Å². The summed E-state index contributed by atoms with van der Waals surface area (Å²) in [6.07, 6.45) is 1.62. The second kappa shape index (κ2) is 6.21. The number of carbonyl (C=O) groups is 1. The van der Waals surface area contributed by atoms with Crippen LogP contribution in [0.4, 0.5) is 0 Å². The average Bonchev–Trinajstić information content (AvgIpc) is 3.18. The number of hydrogen-bond donors (Lipinski definition) is 3. The third-order valence-corrected chi connectivity index (χ3v) is 3.25. The standard InChI is InChI=1S/C12H13Cl2N3O3/c13-8-4-3-7(5-9(8)14)19-11(15)10(17-16)12(18)20-6-1-2-6/h3-6,17H,1-2,15-16H2/b11-10+. The first-order chi connectivity index (χ1) is 9.51. The molecule has 0 spiro atoms. The number of rotatable bonds is 5. The Bertz CT molecular complexity index is 559. The molecule has 5 N–H and O–H groups in total. The molecule has 0 heterocycles. The Morgan fingerprint density at radius 1 is 1.30 bits per heavy atom. The van der Waals surface area contributed by atoms with Crippen molar-refractivity contribution in [2.45, 2.75) is 18.9 Å². The Morgan fingerprint density at radius 3 is 2.55 bits per heavy atom. The predicted octanol–water partition coefficient (Wildman–Crippen LogP) is 1.67. The van der Waals surface area contributed by atoms with Crippen molar-refractivity contribution >= 4 is 29.2 Å². The zero-order valence-electron chi connectivity index (χ0n) is 10.4. The van der Waals surface area contributed by atoms with Crippen LogP contribution in [0, 0.1) is 0 Å². The lowest BCUT2D eigenvalue weighted by atomic mass is 10.3. The minimum absolute atomic E-state index is 0.0661. The molecule has 0 aliphatic heterocycles. The van der Waals surface area contributed by atoms with Crippen LogP contribution in [0.1, 0.15) is 12.8 Å². The highest BCUT2D eigenvalue weighted by molar-refractivity contribution is 6.42. The van der Waals surface area contributed by atoms with Gasteiger partial charge >= 0.3 is 5.97 Å². The van der Waals surface area contributed by atoms with E-state index in [4.69, 9.17) is 44.3 Å². The Balaban J connectivity index is 2.12. The first-order valence-electron chi connectivity index (χ1n) is 5.81. The van der Waals surface area contributed by atoms with Gasteiger partial charge in [0.1, 0.15) is 11.9 Å². The highest BCUT2D eigenvalue weighted by atomic mass is 35.5. The third-order valence-electron chi connectivity index (χ3n) is 2.51. The number of hydrogen-bond acceptors (Lipinski definition) is 6. The molecule has 6 nitrogen and oxygen atoms in total. The van der Waals surface area contributed by atoms with Crippen LogP contribution in [0.3, 0.4) is 0 Å². The van der Waals surface area contributed by atoms with Gasteiger partial charge in [-0.2, -0.15) is 0 Å². The van der Waals surface area contributed by atoms with Crippen molar-refractivity contribution in [2.24, 2.45) is 11.6 Å². The summed E-state index contributed by atoms with van der Waals surface area (Å²) in [5.41, 5.74) is 7.71. The maximum atomic E-state index is 11.7. The van der Waals surface area contributed by atoms with Crippen LogP contribution in [0.2, 0.25) is 10.0 Å². The van der Waals surface area contributed by atoms with Crippen molar-refractivity contribution in [3.8, 4) is 5.75 Å². The molecule has 0 amide bonds. The van der Waals surface area contributed by atoms with Gasteiger partial charge in [0.05, 0.1) is 10.0 Å². The van der Waals surface area contributed by atoms with E-state index in [1.165, 1.54) is 6.07 Å². The van der Waals surface area contributed by atoms with E-state index in [1.807, 2.05) is 0 Å². The molecule has 0 bridgehead atoms. The molecule has 1 aliphatic carbocycles. The molecular weight excluding hydrogens is 305 g/mol. The van der Waals surface area contributed by atoms with E-state index in [0.29, 0.717) is 15.8 Å². The van der Waals surface area contributed by atoms with Crippen molar-refractivity contribution in [3.05, 3.63) is 39.8 Å². The molecule has 0 radical (unpaired) electrons. The summed E-state index contributed by atoms with van der Waals surface area (Å²) in [6, 6.07) is 4.57. The first-order valence-corrected chi connectivity index (χ1v) is 6.57. The fourth-order valence-electron chi connectivity index (χ4n) is 1.35. The summed E-state index contributed by atoms with van der Waals surface area (Å²) in [5, 5.41) is 0.687. The minimum atomic E-state index is -0.660. The summed E-state index contributed by atoms with van der Waals surface area (Å²) in [4.78, 5) is 11.7. The molecule has 1 aliphatic rings. The van der Waals surface area contributed by atoms with Gasteiger partial charge in [-0.25, -0.2) is 4.79 Å². The Kier molecular flexibility index (Phi) is 4.59. The fourth-order valence-corrected chi connectivity index (χ4v) is 1.63. The third kappa shape index (κ3) is 3.69. The van der Waals surface area contributed by atoms with Crippen LogP contribution >= 0.6 is 23.2 Å². The molecule has 8 heteroatoms. The molecule has 20 heavy (non-hydrogen) atoms. The molecule has 1 aromatic carbocycles. The molecule has 1 fully saturated rings. The van der Waals surface area contributed by atoms with Crippen molar-refractivity contribution in [3.63, 3.8) is 0 Å². The average molecular weight is 318 g/mol. The van der Waals surface area contributed by atoms with Crippen LogP contribution in [0.15, 0.2) is 29.8 Å². The molecule has 0 atom stereocenters. The molecule has 2 rings (SSSR count). The van der Waals surface area contributed by atoms with Crippen molar-refractivity contribution in [1.29, 1.82) is 0 Å². The van der Waals surface area contributed by atoms with Crippen LogP contribution in [0.25, 0.3) is 0 Å². The highest BCUT2D eigenvalue weighted by Crippen LogP contribution is 2.27. The SMILES string of the molecule is NN/C(C(=O)OC1CC1)=C(\N)Oc1ccc(Cl)c(Cl)c1. The first kappa shape index (κ1) is 14.8. The van der Waals surface area contributed by atoms with Gasteiger partial charge in [-0.05, 0) is 25.0 Å². The number of nitrogens with one attached hydrogen (secondary N) is 1. The number of halogens is 2. The summed E-state index contributed by atoms with van der Waals surface area (Å²) in [7, 11) is 0. The summed E-state index contributed by atoms with van der Waals surface area (Å²) in [5.74, 6) is 4.71. The number of hydrazine groups is 1. The molecule has 108 valence electrons. The van der Waals surface area contributed by atoms with Gasteiger partial charge in [0.2, 0.25) is 5.88 Å². The van der Waals surface area contributed by atoms with Gasteiger partial charge in [-0.15, -0.1) is 0 Å². The topological polar surface area (TPSA) is 99.6 Å². The van der Waals surface area contributed by atoms with Crippen LogP contribution in [-0.2, 0) is 9.53 Å². The van der Waals surface area contributed by atoms with Crippen LogP contribution in [0.5, 0.6) is 5.75 Å². The van der Waals surface area contributed by atoms with Gasteiger partial charge < -0.3 is 20.6 Å². The lowest BCUT2D eigenvalue weighted by Gasteiger charge is -2.12. The van der Waals surface area contributed by atoms with Crippen molar-refractivity contribution in [2.75, 3.05) is 0 Å².